The lowest BCUT2D eigenvalue weighted by molar-refractivity contribution is 0.0526. The standard InChI is InChI=1S/C15H15ClFN3O2/c1-15(22,10-2-4-11(17)5-3-10)8-20-14(21)9-6-12(16)13(18)19-7-9/h2-7,22H,8H2,1H3,(H2,18,19)(H,20,21). The fourth-order valence-corrected chi connectivity index (χ4v) is 2.00. The molecular formula is C15H15ClFN3O2. The number of nitrogens with one attached hydrogen (secondary N) is 1. The topological polar surface area (TPSA) is 88.2 Å². The van der Waals surface area contributed by atoms with Crippen molar-refractivity contribution < 1.29 is 14.3 Å². The highest BCUT2D eigenvalue weighted by molar-refractivity contribution is 6.33. The van der Waals surface area contributed by atoms with Gasteiger partial charge < -0.3 is 16.2 Å². The molecule has 0 aliphatic rings. The van der Waals surface area contributed by atoms with E-state index in [0.717, 1.165) is 0 Å². The fourth-order valence-electron chi connectivity index (χ4n) is 1.84. The number of carbonyl (C=O) groups is 1. The van der Waals surface area contributed by atoms with Gasteiger partial charge in [0.1, 0.15) is 17.2 Å². The van der Waals surface area contributed by atoms with E-state index in [9.17, 15) is 14.3 Å². The molecule has 116 valence electrons. The molecule has 0 saturated heterocycles. The number of nitrogen functional groups attached to an aromatic ring is 1. The summed E-state index contributed by atoms with van der Waals surface area (Å²) in [6.45, 7) is 1.47. The molecule has 0 fully saturated rings. The predicted molar refractivity (Wildman–Crippen MR) is 82.0 cm³/mol. The van der Waals surface area contributed by atoms with Crippen molar-refractivity contribution in [3.8, 4) is 0 Å². The van der Waals surface area contributed by atoms with Gasteiger partial charge in [0.2, 0.25) is 0 Å². The van der Waals surface area contributed by atoms with Gasteiger partial charge >= 0.3 is 0 Å². The van der Waals surface area contributed by atoms with Crippen LogP contribution in [0.25, 0.3) is 0 Å². The van der Waals surface area contributed by atoms with Crippen molar-refractivity contribution in [2.75, 3.05) is 12.3 Å². The fraction of sp³-hybridized carbons (Fsp3) is 0.200. The van der Waals surface area contributed by atoms with Crippen LogP contribution < -0.4 is 11.1 Å². The minimum atomic E-state index is -1.34. The van der Waals surface area contributed by atoms with E-state index in [-0.39, 0.29) is 22.9 Å². The lowest BCUT2D eigenvalue weighted by atomic mass is 9.96. The molecule has 7 heteroatoms. The van der Waals surface area contributed by atoms with Crippen LogP contribution in [0.1, 0.15) is 22.8 Å². The van der Waals surface area contributed by atoms with E-state index in [4.69, 9.17) is 17.3 Å². The first kappa shape index (κ1) is 16.2. The Bertz CT molecular complexity index is 690. The molecule has 0 bridgehead atoms. The number of hydrogen-bond donors (Lipinski definition) is 3. The molecule has 1 aromatic carbocycles. The lowest BCUT2D eigenvalue weighted by Crippen LogP contribution is -2.38. The quantitative estimate of drug-likeness (QED) is 0.804. The molecule has 22 heavy (non-hydrogen) atoms. The van der Waals surface area contributed by atoms with Crippen molar-refractivity contribution in [3.63, 3.8) is 0 Å². The van der Waals surface area contributed by atoms with Crippen LogP contribution in [-0.4, -0.2) is 22.5 Å². The van der Waals surface area contributed by atoms with Gasteiger partial charge in [-0.25, -0.2) is 9.37 Å². The van der Waals surface area contributed by atoms with Gasteiger partial charge in [0.25, 0.3) is 5.91 Å². The Morgan fingerprint density at radius 1 is 1.45 bits per heavy atom. The number of carbonyl (C=O) groups excluding carboxylic acids is 1. The Balaban J connectivity index is 2.06. The van der Waals surface area contributed by atoms with Gasteiger partial charge in [-0.2, -0.15) is 0 Å². The molecular weight excluding hydrogens is 309 g/mol. The summed E-state index contributed by atoms with van der Waals surface area (Å²) in [5, 5.41) is 13.1. The van der Waals surface area contributed by atoms with E-state index in [1.165, 1.54) is 43.5 Å². The molecule has 1 aromatic heterocycles. The van der Waals surface area contributed by atoms with E-state index in [1.54, 1.807) is 0 Å². The molecule has 1 amide bonds. The molecule has 5 nitrogen and oxygen atoms in total. The lowest BCUT2D eigenvalue weighted by Gasteiger charge is -2.24. The zero-order chi connectivity index (χ0) is 16.3. The summed E-state index contributed by atoms with van der Waals surface area (Å²) < 4.78 is 12.9. The number of nitrogens with two attached hydrogens (primary N) is 1. The van der Waals surface area contributed by atoms with Crippen molar-refractivity contribution >= 4 is 23.3 Å². The molecule has 4 N–H and O–H groups in total. The second kappa shape index (κ2) is 6.29. The highest BCUT2D eigenvalue weighted by Gasteiger charge is 2.24. The van der Waals surface area contributed by atoms with Crippen LogP contribution in [0.15, 0.2) is 36.5 Å². The predicted octanol–water partition coefficient (Wildman–Crippen LogP) is 2.09. The molecule has 1 unspecified atom stereocenters. The second-order valence-corrected chi connectivity index (χ2v) is 5.46. The van der Waals surface area contributed by atoms with Crippen LogP contribution in [0.3, 0.4) is 0 Å². The van der Waals surface area contributed by atoms with Gasteiger partial charge in [0.05, 0.1) is 17.1 Å². The highest BCUT2D eigenvalue weighted by atomic mass is 35.5. The normalized spacial score (nSPS) is 13.5. The molecule has 1 atom stereocenters. The maximum Gasteiger partial charge on any atom is 0.253 e. The van der Waals surface area contributed by atoms with Crippen molar-refractivity contribution in [2.45, 2.75) is 12.5 Å². The van der Waals surface area contributed by atoms with Crippen LogP contribution in [0, 0.1) is 5.82 Å². The number of aliphatic hydroxyl groups is 1. The minimum absolute atomic E-state index is 0.0561. The zero-order valence-corrected chi connectivity index (χ0v) is 12.6. The number of anilines is 1. The molecule has 2 aromatic rings. The molecule has 0 radical (unpaired) electrons. The number of pyridine rings is 1. The van der Waals surface area contributed by atoms with Crippen molar-refractivity contribution in [3.05, 3.63) is 58.5 Å². The maximum absolute atomic E-state index is 12.9. The summed E-state index contributed by atoms with van der Waals surface area (Å²) in [4.78, 5) is 15.8. The molecule has 0 aliphatic heterocycles. The highest BCUT2D eigenvalue weighted by Crippen LogP contribution is 2.20. The summed E-state index contributed by atoms with van der Waals surface area (Å²) in [6.07, 6.45) is 1.29. The smallest absolute Gasteiger partial charge is 0.253 e. The molecule has 0 saturated carbocycles. The van der Waals surface area contributed by atoms with Gasteiger partial charge in [-0.05, 0) is 30.7 Å². The van der Waals surface area contributed by atoms with Gasteiger partial charge in [-0.15, -0.1) is 0 Å². The van der Waals surface area contributed by atoms with Gasteiger partial charge in [0, 0.05) is 6.20 Å². The first-order valence-corrected chi connectivity index (χ1v) is 6.85. The average Bonchev–Trinajstić information content (AvgIpc) is 2.48. The number of rotatable bonds is 4. The Morgan fingerprint density at radius 2 is 2.09 bits per heavy atom. The van der Waals surface area contributed by atoms with Gasteiger partial charge in [-0.3, -0.25) is 4.79 Å². The molecule has 2 rings (SSSR count). The SMILES string of the molecule is CC(O)(CNC(=O)c1cnc(N)c(Cl)c1)c1ccc(F)cc1. The first-order valence-electron chi connectivity index (χ1n) is 6.47. The number of halogens is 2. The first-order chi connectivity index (χ1) is 10.3. The monoisotopic (exact) mass is 323 g/mol. The summed E-state index contributed by atoms with van der Waals surface area (Å²) >= 11 is 5.81. The van der Waals surface area contributed by atoms with E-state index in [1.807, 2.05) is 0 Å². The maximum atomic E-state index is 12.9. The van der Waals surface area contributed by atoms with Crippen molar-refractivity contribution in [2.24, 2.45) is 0 Å². The van der Waals surface area contributed by atoms with E-state index in [0.29, 0.717) is 5.56 Å². The summed E-state index contributed by atoms with van der Waals surface area (Å²) in [5.41, 5.74) is 4.86. The summed E-state index contributed by atoms with van der Waals surface area (Å²) in [5.74, 6) is -0.709. The number of aromatic nitrogens is 1. The van der Waals surface area contributed by atoms with Crippen molar-refractivity contribution in [1.29, 1.82) is 0 Å². The van der Waals surface area contributed by atoms with Crippen LogP contribution in [0.4, 0.5) is 10.2 Å². The molecule has 0 aliphatic carbocycles. The largest absolute Gasteiger partial charge is 0.384 e. The summed E-state index contributed by atoms with van der Waals surface area (Å²) in [7, 11) is 0. The summed E-state index contributed by atoms with van der Waals surface area (Å²) in [6, 6.07) is 6.81. The number of amides is 1. The Labute approximate surface area is 131 Å². The molecule has 1 heterocycles. The number of benzene rings is 1. The molecule has 0 spiro atoms. The van der Waals surface area contributed by atoms with Crippen LogP contribution in [0.2, 0.25) is 5.02 Å². The third kappa shape index (κ3) is 3.72. The van der Waals surface area contributed by atoms with E-state index in [2.05, 4.69) is 10.3 Å². The van der Waals surface area contributed by atoms with Gasteiger partial charge in [-0.1, -0.05) is 23.7 Å². The second-order valence-electron chi connectivity index (χ2n) is 5.05. The van der Waals surface area contributed by atoms with E-state index < -0.39 is 17.3 Å². The van der Waals surface area contributed by atoms with Crippen LogP contribution in [-0.2, 0) is 5.60 Å². The number of hydrogen-bond acceptors (Lipinski definition) is 4. The third-order valence-corrected chi connectivity index (χ3v) is 3.49. The zero-order valence-electron chi connectivity index (χ0n) is 11.8. The average molecular weight is 324 g/mol. The Hall–Kier alpha value is -2.18. The van der Waals surface area contributed by atoms with Crippen molar-refractivity contribution in [1.82, 2.24) is 10.3 Å². The van der Waals surface area contributed by atoms with Gasteiger partial charge in [0.15, 0.2) is 0 Å². The van der Waals surface area contributed by atoms with E-state index >= 15 is 0 Å². The Kier molecular flexibility index (Phi) is 4.63. The van der Waals surface area contributed by atoms with Crippen LogP contribution in [0.5, 0.6) is 0 Å². The van der Waals surface area contributed by atoms with Crippen LogP contribution >= 0.6 is 11.6 Å². The Morgan fingerprint density at radius 3 is 2.68 bits per heavy atom. The number of nitrogens with zero attached hydrogens (tertiary/aromatic N) is 1. The minimum Gasteiger partial charge on any atom is -0.384 e. The third-order valence-electron chi connectivity index (χ3n) is 3.19.